The van der Waals surface area contributed by atoms with Gasteiger partial charge in [-0.05, 0) is 32.0 Å². The first-order valence-electron chi connectivity index (χ1n) is 6.10. The smallest absolute Gasteiger partial charge is 0.219 e. The van der Waals surface area contributed by atoms with Gasteiger partial charge in [0.1, 0.15) is 5.75 Å². The fraction of sp³-hybridized carbons (Fsp3) is 0.357. The van der Waals surface area contributed by atoms with Gasteiger partial charge in [0.15, 0.2) is 0 Å². The lowest BCUT2D eigenvalue weighted by atomic mass is 10.2. The molecule has 0 aliphatic carbocycles. The molecule has 2 rings (SSSR count). The molecule has 1 amide bonds. The first kappa shape index (κ1) is 12.5. The third-order valence-corrected chi connectivity index (χ3v) is 2.74. The van der Waals surface area contributed by atoms with Gasteiger partial charge in [-0.3, -0.25) is 4.79 Å². The molecule has 1 aromatic heterocycles. The summed E-state index contributed by atoms with van der Waals surface area (Å²) in [6.45, 7) is 4.61. The van der Waals surface area contributed by atoms with Crippen LogP contribution in [0.2, 0.25) is 0 Å². The molecule has 1 heterocycles. The number of nitrogens with two attached hydrogens (primary N) is 1. The SMILES string of the molecule is CC(C)Oc1cccc2c1ccn2CCC(N)=O. The van der Waals surface area contributed by atoms with Crippen molar-refractivity contribution < 1.29 is 9.53 Å². The van der Waals surface area contributed by atoms with Crippen LogP contribution in [0.3, 0.4) is 0 Å². The normalized spacial score (nSPS) is 11.1. The Bertz CT molecular complexity index is 558. The van der Waals surface area contributed by atoms with Crippen LogP contribution < -0.4 is 10.5 Å². The van der Waals surface area contributed by atoms with Crippen molar-refractivity contribution in [1.29, 1.82) is 0 Å². The minimum atomic E-state index is -0.286. The maximum Gasteiger partial charge on any atom is 0.219 e. The highest BCUT2D eigenvalue weighted by molar-refractivity contribution is 5.86. The van der Waals surface area contributed by atoms with Crippen molar-refractivity contribution in [3.8, 4) is 5.75 Å². The number of benzene rings is 1. The Kier molecular flexibility index (Phi) is 3.55. The van der Waals surface area contributed by atoms with Crippen LogP contribution in [0.4, 0.5) is 0 Å². The van der Waals surface area contributed by atoms with Crippen molar-refractivity contribution in [1.82, 2.24) is 4.57 Å². The largest absolute Gasteiger partial charge is 0.490 e. The van der Waals surface area contributed by atoms with Gasteiger partial charge >= 0.3 is 0 Å². The van der Waals surface area contributed by atoms with Gasteiger partial charge in [-0.1, -0.05) is 6.07 Å². The molecular formula is C14H18N2O2. The van der Waals surface area contributed by atoms with Crippen LogP contribution in [0.25, 0.3) is 10.9 Å². The Hall–Kier alpha value is -1.97. The summed E-state index contributed by atoms with van der Waals surface area (Å²) in [4.78, 5) is 10.8. The van der Waals surface area contributed by atoms with Gasteiger partial charge in [-0.25, -0.2) is 0 Å². The molecule has 0 spiro atoms. The average Bonchev–Trinajstić information content (AvgIpc) is 2.70. The summed E-state index contributed by atoms with van der Waals surface area (Å²) in [7, 11) is 0. The van der Waals surface area contributed by atoms with Gasteiger partial charge < -0.3 is 15.0 Å². The van der Waals surface area contributed by atoms with Crippen molar-refractivity contribution in [3.63, 3.8) is 0 Å². The maximum atomic E-state index is 10.8. The molecular weight excluding hydrogens is 228 g/mol. The number of rotatable bonds is 5. The number of primary amides is 1. The lowest BCUT2D eigenvalue weighted by Crippen LogP contribution is -2.13. The summed E-state index contributed by atoms with van der Waals surface area (Å²) in [5.41, 5.74) is 6.24. The number of hydrogen-bond donors (Lipinski definition) is 1. The van der Waals surface area contributed by atoms with E-state index in [1.165, 1.54) is 0 Å². The molecule has 0 aliphatic heterocycles. The average molecular weight is 246 g/mol. The van der Waals surface area contributed by atoms with Crippen LogP contribution in [0.1, 0.15) is 20.3 Å². The Morgan fingerprint density at radius 2 is 2.17 bits per heavy atom. The third-order valence-electron chi connectivity index (χ3n) is 2.74. The Morgan fingerprint density at radius 1 is 1.39 bits per heavy atom. The lowest BCUT2D eigenvalue weighted by Gasteiger charge is -2.11. The number of fused-ring (bicyclic) bond motifs is 1. The van der Waals surface area contributed by atoms with Crippen LogP contribution in [0, 0.1) is 0 Å². The second-order valence-corrected chi connectivity index (χ2v) is 4.58. The van der Waals surface area contributed by atoms with Crippen molar-refractivity contribution in [2.75, 3.05) is 0 Å². The van der Waals surface area contributed by atoms with Gasteiger partial charge in [0.05, 0.1) is 11.6 Å². The molecule has 0 saturated heterocycles. The summed E-state index contributed by atoms with van der Waals surface area (Å²) in [6, 6.07) is 7.94. The summed E-state index contributed by atoms with van der Waals surface area (Å²) >= 11 is 0. The molecule has 96 valence electrons. The van der Waals surface area contributed by atoms with E-state index in [2.05, 4.69) is 0 Å². The maximum absolute atomic E-state index is 10.8. The van der Waals surface area contributed by atoms with Gasteiger partial charge in [0, 0.05) is 24.5 Å². The minimum absolute atomic E-state index is 0.143. The van der Waals surface area contributed by atoms with Gasteiger partial charge in [-0.15, -0.1) is 0 Å². The molecule has 2 N–H and O–H groups in total. The zero-order chi connectivity index (χ0) is 13.1. The number of aryl methyl sites for hydroxylation is 1. The van der Waals surface area contributed by atoms with Crippen LogP contribution in [0.15, 0.2) is 30.5 Å². The molecule has 1 aromatic carbocycles. The minimum Gasteiger partial charge on any atom is -0.490 e. The Balaban J connectivity index is 2.32. The van der Waals surface area contributed by atoms with E-state index in [9.17, 15) is 4.79 Å². The predicted molar refractivity (Wildman–Crippen MR) is 71.5 cm³/mol. The zero-order valence-corrected chi connectivity index (χ0v) is 10.7. The number of ether oxygens (including phenoxy) is 1. The van der Waals surface area contributed by atoms with Gasteiger partial charge in [-0.2, -0.15) is 0 Å². The highest BCUT2D eigenvalue weighted by Gasteiger charge is 2.08. The number of nitrogens with zero attached hydrogens (tertiary/aromatic N) is 1. The van der Waals surface area contributed by atoms with E-state index in [4.69, 9.17) is 10.5 Å². The summed E-state index contributed by atoms with van der Waals surface area (Å²) < 4.78 is 7.78. The van der Waals surface area contributed by atoms with E-state index in [1.54, 1.807) is 0 Å². The van der Waals surface area contributed by atoms with E-state index >= 15 is 0 Å². The summed E-state index contributed by atoms with van der Waals surface area (Å²) in [5.74, 6) is 0.590. The number of hydrogen-bond acceptors (Lipinski definition) is 2. The first-order valence-corrected chi connectivity index (χ1v) is 6.10. The van der Waals surface area contributed by atoms with E-state index in [-0.39, 0.29) is 12.0 Å². The third kappa shape index (κ3) is 2.64. The Morgan fingerprint density at radius 3 is 2.83 bits per heavy atom. The van der Waals surface area contributed by atoms with E-state index in [0.717, 1.165) is 16.7 Å². The molecule has 0 bridgehead atoms. The molecule has 0 saturated carbocycles. The molecule has 0 unspecified atom stereocenters. The predicted octanol–water partition coefficient (Wildman–Crippen LogP) is 2.30. The quantitative estimate of drug-likeness (QED) is 0.880. The molecule has 0 atom stereocenters. The number of carbonyl (C=O) groups excluding carboxylic acids is 1. The monoisotopic (exact) mass is 246 g/mol. The van der Waals surface area contributed by atoms with Gasteiger partial charge in [0.2, 0.25) is 5.91 Å². The fourth-order valence-corrected chi connectivity index (χ4v) is 1.98. The van der Waals surface area contributed by atoms with Crippen molar-refractivity contribution >= 4 is 16.8 Å². The molecule has 0 fully saturated rings. The second-order valence-electron chi connectivity index (χ2n) is 4.58. The summed E-state index contributed by atoms with van der Waals surface area (Å²) in [6.07, 6.45) is 2.45. The van der Waals surface area contributed by atoms with Crippen molar-refractivity contribution in [2.45, 2.75) is 32.9 Å². The van der Waals surface area contributed by atoms with Crippen LogP contribution >= 0.6 is 0 Å². The number of aromatic nitrogens is 1. The van der Waals surface area contributed by atoms with Crippen molar-refractivity contribution in [3.05, 3.63) is 30.5 Å². The van der Waals surface area contributed by atoms with Crippen LogP contribution in [-0.4, -0.2) is 16.6 Å². The highest BCUT2D eigenvalue weighted by Crippen LogP contribution is 2.27. The molecule has 2 aromatic rings. The molecule has 0 radical (unpaired) electrons. The fourth-order valence-electron chi connectivity index (χ4n) is 1.98. The highest BCUT2D eigenvalue weighted by atomic mass is 16.5. The zero-order valence-electron chi connectivity index (χ0n) is 10.7. The van der Waals surface area contributed by atoms with Crippen LogP contribution in [0.5, 0.6) is 5.75 Å². The Labute approximate surface area is 106 Å². The van der Waals surface area contributed by atoms with Crippen LogP contribution in [-0.2, 0) is 11.3 Å². The molecule has 4 heteroatoms. The second kappa shape index (κ2) is 5.12. The molecule has 0 aliphatic rings. The summed E-state index contributed by atoms with van der Waals surface area (Å²) in [5, 5.41) is 1.07. The molecule has 4 nitrogen and oxygen atoms in total. The van der Waals surface area contributed by atoms with E-state index < -0.39 is 0 Å². The molecule has 18 heavy (non-hydrogen) atoms. The number of amides is 1. The number of carbonyl (C=O) groups is 1. The topological polar surface area (TPSA) is 57.2 Å². The van der Waals surface area contributed by atoms with Gasteiger partial charge in [0.25, 0.3) is 0 Å². The van der Waals surface area contributed by atoms with E-state index in [0.29, 0.717) is 13.0 Å². The standard InChI is InChI=1S/C14H18N2O2/c1-10(2)18-13-5-3-4-12-11(13)6-8-16(12)9-7-14(15)17/h3-6,8,10H,7,9H2,1-2H3,(H2,15,17). The van der Waals surface area contributed by atoms with E-state index in [1.807, 2.05) is 48.9 Å². The van der Waals surface area contributed by atoms with Crippen molar-refractivity contribution in [2.24, 2.45) is 5.73 Å². The lowest BCUT2D eigenvalue weighted by molar-refractivity contribution is -0.118. The first-order chi connectivity index (χ1) is 8.58.